The zero-order valence-electron chi connectivity index (χ0n) is 16.7. The van der Waals surface area contributed by atoms with Crippen molar-refractivity contribution in [2.75, 3.05) is 0 Å². The summed E-state index contributed by atoms with van der Waals surface area (Å²) in [5, 5.41) is 0. The monoisotopic (exact) mass is 468 g/mol. The van der Waals surface area contributed by atoms with Gasteiger partial charge in [-0.15, -0.1) is 0 Å². The first kappa shape index (κ1) is 27.5. The molecule has 2 aromatic rings. The van der Waals surface area contributed by atoms with E-state index in [1.807, 2.05) is 0 Å². The molecule has 2 aromatic carbocycles. The summed E-state index contributed by atoms with van der Waals surface area (Å²) in [4.78, 5) is 0. The molecule has 0 aliphatic heterocycles. The largest absolute Gasteiger partial charge is 1.00 e. The van der Waals surface area contributed by atoms with E-state index in [9.17, 15) is 0 Å². The molecule has 0 heterocycles. The average Bonchev–Trinajstić information content (AvgIpc) is 2.92. The number of halogens is 3. The van der Waals surface area contributed by atoms with E-state index in [0.29, 0.717) is 0 Å². The zero-order chi connectivity index (χ0) is 17.9. The number of unbranched alkanes of at least 4 members (excludes halogenated alkanes) is 1. The molecule has 1 aliphatic carbocycles. The SMILES string of the molecule is CCCCC(C1=C(C)[C]([Ti+3])=C(C)C1)(c1ccccc1)c1ccccc1.[Cl-].[Cl-].[Cl-]. The van der Waals surface area contributed by atoms with E-state index in [4.69, 9.17) is 0 Å². The van der Waals surface area contributed by atoms with Crippen LogP contribution in [-0.2, 0) is 25.9 Å². The fraction of sp³-hybridized carbons (Fsp3) is 0.333. The molecular weight excluding hydrogens is 442 g/mol. The van der Waals surface area contributed by atoms with E-state index in [1.54, 1.807) is 5.57 Å². The molecule has 0 nitrogen and oxygen atoms in total. The summed E-state index contributed by atoms with van der Waals surface area (Å²) in [7, 11) is 0. The first-order chi connectivity index (χ1) is 12.1. The second kappa shape index (κ2) is 12.3. The number of rotatable bonds is 6. The standard InChI is InChI=1S/C24H27.3ClH.Ti/c1-4-5-16-24(21-12-8-6-9-13-21,22-14-10-7-11-15-22)23-18-19(2)17-20(23)3;;;;/h6-15H,4-5,16,18H2,1-3H3;3*1H;/q;;;;+3/p-3. The van der Waals surface area contributed by atoms with Crippen LogP contribution < -0.4 is 37.2 Å². The summed E-state index contributed by atoms with van der Waals surface area (Å²) in [6, 6.07) is 22.3. The summed E-state index contributed by atoms with van der Waals surface area (Å²) in [5.74, 6) is 0. The van der Waals surface area contributed by atoms with Gasteiger partial charge in [0.05, 0.1) is 0 Å². The molecule has 0 amide bonds. The molecule has 0 N–H and O–H groups in total. The Morgan fingerprint density at radius 3 is 1.64 bits per heavy atom. The van der Waals surface area contributed by atoms with Gasteiger partial charge in [0.25, 0.3) is 0 Å². The first-order valence-electron chi connectivity index (χ1n) is 9.34. The van der Waals surface area contributed by atoms with Crippen molar-refractivity contribution in [3.05, 3.63) is 92.4 Å². The predicted octanol–water partition coefficient (Wildman–Crippen LogP) is -2.28. The summed E-state index contributed by atoms with van der Waals surface area (Å²) in [5.41, 5.74) is 7.50. The molecule has 0 atom stereocenters. The molecule has 0 radical (unpaired) electrons. The van der Waals surface area contributed by atoms with Gasteiger partial charge in [0.2, 0.25) is 0 Å². The Hall–Kier alpha value is -0.496. The Morgan fingerprint density at radius 2 is 1.29 bits per heavy atom. The van der Waals surface area contributed by atoms with Gasteiger partial charge in [-0.2, -0.15) is 0 Å². The predicted molar refractivity (Wildman–Crippen MR) is 103 cm³/mol. The van der Waals surface area contributed by atoms with E-state index in [-0.39, 0.29) is 42.6 Å². The number of hydrogen-bond donors (Lipinski definition) is 0. The third kappa shape index (κ3) is 5.16. The summed E-state index contributed by atoms with van der Waals surface area (Å²) in [6.45, 7) is 6.92. The Kier molecular flexibility index (Phi) is 12.0. The Labute approximate surface area is 200 Å². The third-order valence-electron chi connectivity index (χ3n) is 5.65. The normalized spacial score (nSPS) is 13.6. The molecule has 1 aliphatic rings. The van der Waals surface area contributed by atoms with Crippen LogP contribution in [0.5, 0.6) is 0 Å². The van der Waals surface area contributed by atoms with Crippen molar-refractivity contribution in [3.8, 4) is 0 Å². The molecule has 0 unspecified atom stereocenters. The molecule has 4 heteroatoms. The van der Waals surface area contributed by atoms with Gasteiger partial charge in [-0.1, -0.05) is 0 Å². The van der Waals surface area contributed by atoms with E-state index in [1.165, 1.54) is 45.4 Å². The van der Waals surface area contributed by atoms with E-state index < -0.39 is 0 Å². The van der Waals surface area contributed by atoms with Crippen molar-refractivity contribution in [2.24, 2.45) is 0 Å². The Bertz CT molecular complexity index is 756. The zero-order valence-corrected chi connectivity index (χ0v) is 20.6. The Balaban J connectivity index is 0.00000243. The molecule has 0 saturated heterocycles. The molecule has 0 spiro atoms. The van der Waals surface area contributed by atoms with Crippen LogP contribution in [0.25, 0.3) is 0 Å². The maximum Gasteiger partial charge on any atom is -1.00 e. The van der Waals surface area contributed by atoms with E-state index >= 15 is 0 Å². The summed E-state index contributed by atoms with van der Waals surface area (Å²) in [6.07, 6.45) is 4.73. The van der Waals surface area contributed by atoms with Gasteiger partial charge in [0.1, 0.15) is 0 Å². The Morgan fingerprint density at radius 1 is 0.821 bits per heavy atom. The van der Waals surface area contributed by atoms with Crippen LogP contribution in [0.4, 0.5) is 0 Å². The van der Waals surface area contributed by atoms with E-state index in [2.05, 4.69) is 102 Å². The minimum absolute atomic E-state index is 0. The maximum absolute atomic E-state index is 2.33. The van der Waals surface area contributed by atoms with Crippen molar-refractivity contribution < 1.29 is 57.7 Å². The van der Waals surface area contributed by atoms with Gasteiger partial charge >= 0.3 is 165 Å². The van der Waals surface area contributed by atoms with Crippen molar-refractivity contribution in [1.82, 2.24) is 0 Å². The van der Waals surface area contributed by atoms with Gasteiger partial charge in [0.15, 0.2) is 0 Å². The van der Waals surface area contributed by atoms with Crippen molar-refractivity contribution in [3.63, 3.8) is 0 Å². The van der Waals surface area contributed by atoms with Crippen LogP contribution in [0, 0.1) is 0 Å². The average molecular weight is 470 g/mol. The minimum Gasteiger partial charge on any atom is -1.00 e. The van der Waals surface area contributed by atoms with Crippen LogP contribution in [-0.4, -0.2) is 0 Å². The van der Waals surface area contributed by atoms with Crippen LogP contribution in [0.15, 0.2) is 81.3 Å². The molecule has 0 fully saturated rings. The number of allylic oxidation sites excluding steroid dienone is 4. The fourth-order valence-electron chi connectivity index (χ4n) is 4.27. The van der Waals surface area contributed by atoms with Gasteiger partial charge in [-0.05, 0) is 0 Å². The topological polar surface area (TPSA) is 0 Å². The van der Waals surface area contributed by atoms with Gasteiger partial charge in [-0.25, -0.2) is 0 Å². The van der Waals surface area contributed by atoms with Crippen LogP contribution in [0.1, 0.15) is 57.6 Å². The summed E-state index contributed by atoms with van der Waals surface area (Å²) < 4.78 is 1.49. The van der Waals surface area contributed by atoms with E-state index in [0.717, 1.165) is 6.42 Å². The van der Waals surface area contributed by atoms with Gasteiger partial charge < -0.3 is 37.2 Å². The van der Waals surface area contributed by atoms with Gasteiger partial charge in [-0.3, -0.25) is 0 Å². The second-order valence-electron chi connectivity index (χ2n) is 7.18. The molecule has 3 rings (SSSR count). The fourth-order valence-corrected chi connectivity index (χ4v) is 4.64. The molecule has 0 aromatic heterocycles. The molecule has 148 valence electrons. The second-order valence-corrected chi connectivity index (χ2v) is 7.96. The van der Waals surface area contributed by atoms with Crippen molar-refractivity contribution in [2.45, 2.75) is 51.9 Å². The van der Waals surface area contributed by atoms with Crippen molar-refractivity contribution >= 4 is 0 Å². The van der Waals surface area contributed by atoms with Crippen molar-refractivity contribution in [1.29, 1.82) is 0 Å². The summed E-state index contributed by atoms with van der Waals surface area (Å²) >= 11 is 2.29. The first-order valence-corrected chi connectivity index (χ1v) is 10.1. The van der Waals surface area contributed by atoms with Crippen LogP contribution in [0.3, 0.4) is 0 Å². The molecule has 28 heavy (non-hydrogen) atoms. The number of hydrogen-bond acceptors (Lipinski definition) is 0. The molecule has 0 bridgehead atoms. The van der Waals surface area contributed by atoms with Crippen LogP contribution >= 0.6 is 0 Å². The molecular formula is C24H27Cl3Ti. The smallest absolute Gasteiger partial charge is 1.00 e. The third-order valence-corrected chi connectivity index (χ3v) is 6.90. The molecule has 0 saturated carbocycles. The maximum atomic E-state index is 2.33. The minimum atomic E-state index is -0.0123. The quantitative estimate of drug-likeness (QED) is 0.418. The van der Waals surface area contributed by atoms with Crippen LogP contribution in [0.2, 0.25) is 0 Å². The number of benzene rings is 2. The van der Waals surface area contributed by atoms with Gasteiger partial charge in [0, 0.05) is 0 Å².